The van der Waals surface area contributed by atoms with Crippen LogP contribution in [0.5, 0.6) is 0 Å². The maximum atomic E-state index is 13.9. The topological polar surface area (TPSA) is 66.5 Å². The first-order valence-corrected chi connectivity index (χ1v) is 11.0. The Morgan fingerprint density at radius 2 is 1.92 bits per heavy atom. The molecule has 146 valence electrons. The van der Waals surface area contributed by atoms with Gasteiger partial charge in [0.15, 0.2) is 0 Å². The number of halogens is 2. The van der Waals surface area contributed by atoms with Gasteiger partial charge in [-0.25, -0.2) is 17.1 Å². The Balaban J connectivity index is 1.97. The van der Waals surface area contributed by atoms with E-state index < -0.39 is 21.6 Å². The summed E-state index contributed by atoms with van der Waals surface area (Å²) in [6.07, 6.45) is 2.68. The number of sulfonamides is 1. The van der Waals surface area contributed by atoms with E-state index in [1.165, 1.54) is 22.5 Å². The zero-order valence-corrected chi connectivity index (χ0v) is 16.7. The van der Waals surface area contributed by atoms with Crippen LogP contribution in [0.25, 0.3) is 0 Å². The minimum absolute atomic E-state index is 0.00658. The average Bonchev–Trinajstić information content (AvgIpc) is 2.63. The van der Waals surface area contributed by atoms with Crippen LogP contribution in [0.3, 0.4) is 0 Å². The molecule has 0 spiro atoms. The first kappa shape index (κ1) is 21.1. The van der Waals surface area contributed by atoms with Gasteiger partial charge in [-0.1, -0.05) is 31.5 Å². The van der Waals surface area contributed by atoms with Gasteiger partial charge in [-0.3, -0.25) is 4.79 Å². The van der Waals surface area contributed by atoms with Gasteiger partial charge in [-0.2, -0.15) is 0 Å². The molecular formula is C18H26ClFN2O3S. The number of carbonyl (C=O) groups excluding carboxylic acids is 1. The van der Waals surface area contributed by atoms with E-state index in [1.54, 1.807) is 0 Å². The van der Waals surface area contributed by atoms with Gasteiger partial charge in [0.1, 0.15) is 5.82 Å². The number of piperidine rings is 1. The van der Waals surface area contributed by atoms with Crippen molar-refractivity contribution < 1.29 is 17.6 Å². The summed E-state index contributed by atoms with van der Waals surface area (Å²) >= 11 is 5.94. The number of carbonyl (C=O) groups is 1. The predicted molar refractivity (Wildman–Crippen MR) is 101 cm³/mol. The molecule has 0 atom stereocenters. The number of benzene rings is 1. The molecule has 1 N–H and O–H groups in total. The SMILES string of the molecule is CCC(CC)NC(=O)C1CCN(S(=O)(=O)Cc2c(F)cccc2Cl)CC1. The first-order chi connectivity index (χ1) is 12.3. The van der Waals surface area contributed by atoms with Crippen LogP contribution in [0.1, 0.15) is 45.1 Å². The molecule has 5 nitrogen and oxygen atoms in total. The molecule has 1 saturated heterocycles. The molecule has 0 aromatic heterocycles. The highest BCUT2D eigenvalue weighted by Gasteiger charge is 2.32. The Kier molecular flexibility index (Phi) is 7.43. The fraction of sp³-hybridized carbons (Fsp3) is 0.611. The number of rotatable bonds is 7. The lowest BCUT2D eigenvalue weighted by Gasteiger charge is -2.31. The van der Waals surface area contributed by atoms with Crippen LogP contribution in [-0.2, 0) is 20.6 Å². The maximum absolute atomic E-state index is 13.9. The van der Waals surface area contributed by atoms with Crippen LogP contribution in [0.4, 0.5) is 4.39 Å². The Hall–Kier alpha value is -1.18. The fourth-order valence-corrected chi connectivity index (χ4v) is 5.07. The Morgan fingerprint density at radius 1 is 1.31 bits per heavy atom. The summed E-state index contributed by atoms with van der Waals surface area (Å²) < 4.78 is 40.4. The Bertz CT molecular complexity index is 710. The number of hydrogen-bond acceptors (Lipinski definition) is 3. The first-order valence-electron chi connectivity index (χ1n) is 8.99. The lowest BCUT2D eigenvalue weighted by molar-refractivity contribution is -0.126. The van der Waals surface area contributed by atoms with Crippen LogP contribution >= 0.6 is 11.6 Å². The average molecular weight is 405 g/mol. The van der Waals surface area contributed by atoms with Gasteiger partial charge >= 0.3 is 0 Å². The van der Waals surface area contributed by atoms with Gasteiger partial charge in [0.05, 0.1) is 5.75 Å². The highest BCUT2D eigenvalue weighted by molar-refractivity contribution is 7.88. The van der Waals surface area contributed by atoms with Crippen LogP contribution < -0.4 is 5.32 Å². The summed E-state index contributed by atoms with van der Waals surface area (Å²) in [5, 5.41) is 3.13. The largest absolute Gasteiger partial charge is 0.353 e. The fourth-order valence-electron chi connectivity index (χ4n) is 3.15. The summed E-state index contributed by atoms with van der Waals surface area (Å²) in [5.74, 6) is -1.28. The van der Waals surface area contributed by atoms with Crippen molar-refractivity contribution in [2.24, 2.45) is 5.92 Å². The Morgan fingerprint density at radius 3 is 2.46 bits per heavy atom. The molecule has 1 fully saturated rings. The second-order valence-electron chi connectivity index (χ2n) is 6.65. The van der Waals surface area contributed by atoms with Crippen LogP contribution in [0.15, 0.2) is 18.2 Å². The standard InChI is InChI=1S/C18H26ClFN2O3S/c1-3-14(4-2)21-18(23)13-8-10-22(11-9-13)26(24,25)12-15-16(19)6-5-7-17(15)20/h5-7,13-14H,3-4,8-12H2,1-2H3,(H,21,23). The molecule has 8 heteroatoms. The zero-order valence-electron chi connectivity index (χ0n) is 15.2. The van der Waals surface area contributed by atoms with Gasteiger partial charge in [0, 0.05) is 35.6 Å². The summed E-state index contributed by atoms with van der Waals surface area (Å²) in [6, 6.07) is 4.28. The van der Waals surface area contributed by atoms with E-state index in [-0.39, 0.29) is 41.5 Å². The monoisotopic (exact) mass is 404 g/mol. The molecule has 0 bridgehead atoms. The highest BCUT2D eigenvalue weighted by Crippen LogP contribution is 2.26. The molecule has 1 aliphatic rings. The van der Waals surface area contributed by atoms with E-state index in [0.717, 1.165) is 12.8 Å². The number of nitrogens with one attached hydrogen (secondary N) is 1. The van der Waals surface area contributed by atoms with E-state index in [0.29, 0.717) is 12.8 Å². The molecule has 0 unspecified atom stereocenters. The minimum Gasteiger partial charge on any atom is -0.353 e. The van der Waals surface area contributed by atoms with Crippen molar-refractivity contribution in [1.29, 1.82) is 0 Å². The summed E-state index contributed by atoms with van der Waals surface area (Å²) in [4.78, 5) is 12.3. The quantitative estimate of drug-likeness (QED) is 0.758. The highest BCUT2D eigenvalue weighted by atomic mass is 35.5. The van der Waals surface area contributed by atoms with E-state index >= 15 is 0 Å². The summed E-state index contributed by atoms with van der Waals surface area (Å²) in [7, 11) is -3.69. The second kappa shape index (κ2) is 9.15. The third-order valence-electron chi connectivity index (χ3n) is 4.94. The third-order valence-corrected chi connectivity index (χ3v) is 7.10. The van der Waals surface area contributed by atoms with Crippen LogP contribution in [-0.4, -0.2) is 37.8 Å². The van der Waals surface area contributed by atoms with Crippen molar-refractivity contribution in [3.05, 3.63) is 34.6 Å². The van der Waals surface area contributed by atoms with Crippen molar-refractivity contribution in [2.75, 3.05) is 13.1 Å². The number of nitrogens with zero attached hydrogens (tertiary/aromatic N) is 1. The zero-order chi connectivity index (χ0) is 19.3. The predicted octanol–water partition coefficient (Wildman–Crippen LogP) is 3.33. The molecular weight excluding hydrogens is 379 g/mol. The lowest BCUT2D eigenvalue weighted by Crippen LogP contribution is -2.45. The van der Waals surface area contributed by atoms with E-state index in [9.17, 15) is 17.6 Å². The van der Waals surface area contributed by atoms with Gasteiger partial charge in [-0.15, -0.1) is 0 Å². The third kappa shape index (κ3) is 5.18. The molecule has 1 heterocycles. The molecule has 1 aromatic carbocycles. The molecule has 1 amide bonds. The van der Waals surface area contributed by atoms with Crippen LogP contribution in [0, 0.1) is 11.7 Å². The molecule has 1 aliphatic heterocycles. The number of hydrogen-bond donors (Lipinski definition) is 1. The summed E-state index contributed by atoms with van der Waals surface area (Å²) in [5.41, 5.74) is -0.0113. The Labute approximate surface area is 160 Å². The van der Waals surface area contributed by atoms with Gasteiger partial charge in [0.25, 0.3) is 0 Å². The lowest BCUT2D eigenvalue weighted by atomic mass is 9.96. The molecule has 0 aliphatic carbocycles. The van der Waals surface area contributed by atoms with Crippen molar-refractivity contribution in [3.63, 3.8) is 0 Å². The van der Waals surface area contributed by atoms with Crippen molar-refractivity contribution in [3.8, 4) is 0 Å². The second-order valence-corrected chi connectivity index (χ2v) is 9.03. The van der Waals surface area contributed by atoms with Gasteiger partial charge in [-0.05, 0) is 37.8 Å². The molecule has 26 heavy (non-hydrogen) atoms. The van der Waals surface area contributed by atoms with Crippen molar-refractivity contribution in [2.45, 2.75) is 51.3 Å². The number of amides is 1. The summed E-state index contributed by atoms with van der Waals surface area (Å²) in [6.45, 7) is 4.57. The van der Waals surface area contributed by atoms with Gasteiger partial charge in [0.2, 0.25) is 15.9 Å². The van der Waals surface area contributed by atoms with Crippen LogP contribution in [0.2, 0.25) is 5.02 Å². The minimum atomic E-state index is -3.69. The normalized spacial score (nSPS) is 16.8. The van der Waals surface area contributed by atoms with Crippen molar-refractivity contribution in [1.82, 2.24) is 9.62 Å². The molecule has 0 radical (unpaired) electrons. The molecule has 0 saturated carbocycles. The van der Waals surface area contributed by atoms with E-state index in [2.05, 4.69) is 5.32 Å². The van der Waals surface area contributed by atoms with E-state index in [1.807, 2.05) is 13.8 Å². The molecule has 1 aromatic rings. The maximum Gasteiger partial charge on any atom is 0.223 e. The van der Waals surface area contributed by atoms with E-state index in [4.69, 9.17) is 11.6 Å². The van der Waals surface area contributed by atoms with Crippen molar-refractivity contribution >= 4 is 27.5 Å². The molecule has 2 rings (SSSR count). The smallest absolute Gasteiger partial charge is 0.223 e. The van der Waals surface area contributed by atoms with Gasteiger partial charge < -0.3 is 5.32 Å².